The lowest BCUT2D eigenvalue weighted by Gasteiger charge is -2.14. The number of nitriles is 1. The highest BCUT2D eigenvalue weighted by Gasteiger charge is 2.26. The highest BCUT2D eigenvalue weighted by Crippen LogP contribution is 2.41. The van der Waals surface area contributed by atoms with Crippen LogP contribution in [0.1, 0.15) is 43.0 Å². The van der Waals surface area contributed by atoms with Gasteiger partial charge in [-0.2, -0.15) is 5.26 Å². The first-order chi connectivity index (χ1) is 15.0. The van der Waals surface area contributed by atoms with E-state index in [9.17, 15) is 10.1 Å². The lowest BCUT2D eigenvalue weighted by molar-refractivity contribution is -0.120. The number of nitrogens with zero attached hydrogens (tertiary/aromatic N) is 2. The summed E-state index contributed by atoms with van der Waals surface area (Å²) in [6.45, 7) is 3.87. The van der Waals surface area contributed by atoms with Crippen molar-refractivity contribution in [3.8, 4) is 32.8 Å². The molecule has 0 bridgehead atoms. The Labute approximate surface area is 185 Å². The van der Waals surface area contributed by atoms with Crippen LogP contribution in [-0.4, -0.2) is 23.5 Å². The smallest absolute Gasteiger partial charge is 0.234 e. The van der Waals surface area contributed by atoms with Crippen molar-refractivity contribution in [3.05, 3.63) is 59.3 Å². The van der Waals surface area contributed by atoms with Crippen molar-refractivity contribution >= 4 is 17.2 Å². The van der Waals surface area contributed by atoms with Gasteiger partial charge in [0.25, 0.3) is 0 Å². The summed E-state index contributed by atoms with van der Waals surface area (Å²) in [4.78, 5) is 17.4. The molecule has 0 aliphatic heterocycles. The summed E-state index contributed by atoms with van der Waals surface area (Å²) in [7, 11) is 0. The van der Waals surface area contributed by atoms with Gasteiger partial charge < -0.3 is 15.8 Å². The molecule has 1 aliphatic carbocycles. The van der Waals surface area contributed by atoms with Crippen LogP contribution in [0.25, 0.3) is 21.0 Å². The summed E-state index contributed by atoms with van der Waals surface area (Å²) in [5, 5.41) is 13.4. The zero-order chi connectivity index (χ0) is 22.0. The minimum atomic E-state index is -0.137. The maximum atomic E-state index is 11.8. The number of amides is 1. The highest BCUT2D eigenvalue weighted by molar-refractivity contribution is 7.18. The number of carbonyl (C=O) groups is 1. The lowest BCUT2D eigenvalue weighted by atomic mass is 10.0. The first-order valence-corrected chi connectivity index (χ1v) is 11.1. The number of benzene rings is 2. The molecule has 1 atom stereocenters. The summed E-state index contributed by atoms with van der Waals surface area (Å²) in [5.74, 6) is 0.450. The quantitative estimate of drug-likeness (QED) is 0.608. The van der Waals surface area contributed by atoms with Crippen molar-refractivity contribution in [2.45, 2.75) is 38.8 Å². The SMILES string of the molecule is CC(C)Oc1ccc(-c2ncc(-c3cccc4c3CCC4NC(=O)CN)s2)cc1C#N. The van der Waals surface area contributed by atoms with Gasteiger partial charge >= 0.3 is 0 Å². The summed E-state index contributed by atoms with van der Waals surface area (Å²) >= 11 is 1.59. The van der Waals surface area contributed by atoms with Crippen LogP contribution in [0.2, 0.25) is 0 Å². The maximum Gasteiger partial charge on any atom is 0.234 e. The van der Waals surface area contributed by atoms with Crippen LogP contribution < -0.4 is 15.8 Å². The molecule has 3 N–H and O–H groups in total. The Kier molecular flexibility index (Phi) is 6.03. The average Bonchev–Trinajstić information content (AvgIpc) is 3.41. The van der Waals surface area contributed by atoms with E-state index in [1.54, 1.807) is 11.3 Å². The summed E-state index contributed by atoms with van der Waals surface area (Å²) in [5.41, 5.74) is 10.4. The van der Waals surface area contributed by atoms with Gasteiger partial charge in [-0.3, -0.25) is 4.79 Å². The fourth-order valence-corrected chi connectivity index (χ4v) is 4.89. The van der Waals surface area contributed by atoms with Crippen LogP contribution in [0.4, 0.5) is 0 Å². The Balaban J connectivity index is 1.64. The normalized spacial score (nSPS) is 14.9. The first kappa shape index (κ1) is 21.0. The van der Waals surface area contributed by atoms with Crippen LogP contribution in [-0.2, 0) is 11.2 Å². The molecule has 2 aromatic carbocycles. The van der Waals surface area contributed by atoms with Crippen molar-refractivity contribution in [1.29, 1.82) is 5.26 Å². The molecule has 1 aromatic heterocycles. The fourth-order valence-electron chi connectivity index (χ4n) is 3.93. The maximum absolute atomic E-state index is 11.8. The molecule has 1 aliphatic rings. The van der Waals surface area contributed by atoms with Gasteiger partial charge in [0.1, 0.15) is 16.8 Å². The number of nitrogens with one attached hydrogen (secondary N) is 1. The number of hydrogen-bond donors (Lipinski definition) is 2. The molecule has 0 spiro atoms. The molecule has 0 radical (unpaired) electrons. The molecule has 6 nitrogen and oxygen atoms in total. The molecule has 1 amide bonds. The predicted octanol–water partition coefficient (Wildman–Crippen LogP) is 4.20. The van der Waals surface area contributed by atoms with Crippen molar-refractivity contribution in [3.63, 3.8) is 0 Å². The Morgan fingerprint density at radius 3 is 2.97 bits per heavy atom. The zero-order valence-electron chi connectivity index (χ0n) is 17.5. The Bertz CT molecular complexity index is 1160. The number of fused-ring (bicyclic) bond motifs is 1. The van der Waals surface area contributed by atoms with Gasteiger partial charge in [0.05, 0.1) is 29.1 Å². The van der Waals surface area contributed by atoms with Gasteiger partial charge in [0, 0.05) is 11.8 Å². The molecule has 158 valence electrons. The van der Waals surface area contributed by atoms with Gasteiger partial charge in [-0.15, -0.1) is 11.3 Å². The van der Waals surface area contributed by atoms with E-state index in [0.717, 1.165) is 39.4 Å². The van der Waals surface area contributed by atoms with E-state index in [1.165, 1.54) is 5.56 Å². The van der Waals surface area contributed by atoms with Gasteiger partial charge in [0.2, 0.25) is 5.91 Å². The van der Waals surface area contributed by atoms with Crippen molar-refractivity contribution in [2.24, 2.45) is 5.73 Å². The van der Waals surface area contributed by atoms with Gasteiger partial charge in [-0.05, 0) is 61.6 Å². The molecule has 3 aromatic rings. The van der Waals surface area contributed by atoms with Crippen molar-refractivity contribution < 1.29 is 9.53 Å². The second-order valence-corrected chi connectivity index (χ2v) is 8.79. The molecule has 1 heterocycles. The molecule has 31 heavy (non-hydrogen) atoms. The van der Waals surface area contributed by atoms with E-state index in [1.807, 2.05) is 44.3 Å². The first-order valence-electron chi connectivity index (χ1n) is 10.3. The number of hydrogen-bond acceptors (Lipinski definition) is 6. The predicted molar refractivity (Wildman–Crippen MR) is 122 cm³/mol. The lowest BCUT2D eigenvalue weighted by Crippen LogP contribution is -2.32. The van der Waals surface area contributed by atoms with E-state index in [2.05, 4.69) is 28.5 Å². The molecule has 4 rings (SSSR count). The molecular weight excluding hydrogens is 408 g/mol. The van der Waals surface area contributed by atoms with Crippen LogP contribution in [0.3, 0.4) is 0 Å². The van der Waals surface area contributed by atoms with E-state index in [4.69, 9.17) is 10.5 Å². The van der Waals surface area contributed by atoms with Crippen LogP contribution in [0, 0.1) is 11.3 Å². The number of nitrogens with two attached hydrogens (primary N) is 1. The number of carbonyl (C=O) groups excluding carboxylic acids is 1. The average molecular weight is 433 g/mol. The highest BCUT2D eigenvalue weighted by atomic mass is 32.1. The minimum absolute atomic E-state index is 0.00283. The molecular formula is C24H24N4O2S. The van der Waals surface area contributed by atoms with Crippen molar-refractivity contribution in [1.82, 2.24) is 10.3 Å². The van der Waals surface area contributed by atoms with Crippen LogP contribution >= 0.6 is 11.3 Å². The number of rotatable bonds is 6. The second-order valence-electron chi connectivity index (χ2n) is 7.76. The van der Waals surface area contributed by atoms with Gasteiger partial charge in [-0.1, -0.05) is 18.2 Å². The molecule has 0 saturated heterocycles. The largest absolute Gasteiger partial charge is 0.490 e. The topological polar surface area (TPSA) is 101 Å². The number of thiazole rings is 1. The summed E-state index contributed by atoms with van der Waals surface area (Å²) in [6.07, 6.45) is 3.65. The van der Waals surface area contributed by atoms with Crippen LogP contribution in [0.15, 0.2) is 42.6 Å². The van der Waals surface area contributed by atoms with Gasteiger partial charge in [0.15, 0.2) is 0 Å². The monoisotopic (exact) mass is 432 g/mol. The summed E-state index contributed by atoms with van der Waals surface area (Å²) in [6, 6.07) is 14.0. The fraction of sp³-hybridized carbons (Fsp3) is 0.292. The third-order valence-electron chi connectivity index (χ3n) is 5.27. The van der Waals surface area contributed by atoms with E-state index in [-0.39, 0.29) is 24.6 Å². The molecule has 7 heteroatoms. The molecule has 0 fully saturated rings. The van der Waals surface area contributed by atoms with E-state index in [0.29, 0.717) is 11.3 Å². The minimum Gasteiger partial charge on any atom is -0.490 e. The zero-order valence-corrected chi connectivity index (χ0v) is 18.3. The van der Waals surface area contributed by atoms with E-state index >= 15 is 0 Å². The standard InChI is InChI=1S/C24H24N4O2S/c1-14(2)30-21-9-6-15(10-16(21)11-25)24-27-13-22(31-24)19-5-3-4-18-17(19)7-8-20(18)28-23(29)12-26/h3-6,9-10,13-14,20H,7-8,12,26H2,1-2H3,(H,28,29). The Morgan fingerprint density at radius 2 is 2.23 bits per heavy atom. The Morgan fingerprint density at radius 1 is 1.39 bits per heavy atom. The second kappa shape index (κ2) is 8.88. The third-order valence-corrected chi connectivity index (χ3v) is 6.35. The molecule has 1 unspecified atom stereocenters. The number of ether oxygens (including phenoxy) is 1. The van der Waals surface area contributed by atoms with Crippen molar-refractivity contribution in [2.75, 3.05) is 6.54 Å². The molecule has 0 saturated carbocycles. The van der Waals surface area contributed by atoms with E-state index < -0.39 is 0 Å². The Hall–Kier alpha value is -3.21. The van der Waals surface area contributed by atoms with Crippen LogP contribution in [0.5, 0.6) is 5.75 Å². The summed E-state index contributed by atoms with van der Waals surface area (Å²) < 4.78 is 5.72. The number of aromatic nitrogens is 1. The third kappa shape index (κ3) is 4.31. The van der Waals surface area contributed by atoms with Gasteiger partial charge in [-0.25, -0.2) is 4.98 Å².